The highest BCUT2D eigenvalue weighted by molar-refractivity contribution is 6.35. The lowest BCUT2D eigenvalue weighted by atomic mass is 10.2. The summed E-state index contributed by atoms with van der Waals surface area (Å²) in [6, 6.07) is 4.92. The first-order chi connectivity index (χ1) is 7.41. The molecule has 2 amide bonds. The van der Waals surface area contributed by atoms with Gasteiger partial charge in [-0.2, -0.15) is 0 Å². The number of benzene rings is 1. The average Bonchev–Trinajstić information content (AvgIpc) is 2.20. The summed E-state index contributed by atoms with van der Waals surface area (Å²) in [5.74, 6) is -1.75. The van der Waals surface area contributed by atoms with E-state index < -0.39 is 11.8 Å². The Morgan fingerprint density at radius 2 is 2.00 bits per heavy atom. The van der Waals surface area contributed by atoms with Crippen LogP contribution in [0.4, 0.5) is 0 Å². The number of amides is 2. The maximum Gasteiger partial charge on any atom is 0.311 e. The summed E-state index contributed by atoms with van der Waals surface area (Å²) in [6.07, 6.45) is 0. The highest BCUT2D eigenvalue weighted by Crippen LogP contribution is 2.21. The molecule has 0 spiro atoms. The van der Waals surface area contributed by atoms with Crippen molar-refractivity contribution < 1.29 is 9.59 Å². The SMILES string of the molecule is CN(Cc1ccc(Cl)cc1Cl)C(=O)C(N)=O. The third-order valence-corrected chi connectivity index (χ3v) is 2.57. The van der Waals surface area contributed by atoms with Gasteiger partial charge in [-0.3, -0.25) is 9.59 Å². The Labute approximate surface area is 103 Å². The van der Waals surface area contributed by atoms with Gasteiger partial charge in [-0.1, -0.05) is 29.3 Å². The second kappa shape index (κ2) is 5.18. The molecule has 0 saturated carbocycles. The van der Waals surface area contributed by atoms with Gasteiger partial charge in [-0.25, -0.2) is 0 Å². The van der Waals surface area contributed by atoms with Gasteiger partial charge in [0.2, 0.25) is 0 Å². The lowest BCUT2D eigenvalue weighted by Crippen LogP contribution is -2.37. The Morgan fingerprint density at radius 1 is 1.38 bits per heavy atom. The summed E-state index contributed by atoms with van der Waals surface area (Å²) in [6.45, 7) is 0.206. The van der Waals surface area contributed by atoms with Crippen molar-refractivity contribution in [3.8, 4) is 0 Å². The zero-order valence-corrected chi connectivity index (χ0v) is 10.0. The van der Waals surface area contributed by atoms with E-state index in [1.807, 2.05) is 0 Å². The van der Waals surface area contributed by atoms with Gasteiger partial charge in [0, 0.05) is 23.6 Å². The molecule has 4 nitrogen and oxygen atoms in total. The van der Waals surface area contributed by atoms with E-state index in [0.29, 0.717) is 15.6 Å². The molecule has 0 heterocycles. The van der Waals surface area contributed by atoms with E-state index in [9.17, 15) is 9.59 Å². The van der Waals surface area contributed by atoms with Crippen LogP contribution in [-0.4, -0.2) is 23.8 Å². The minimum Gasteiger partial charge on any atom is -0.361 e. The molecule has 0 aliphatic rings. The van der Waals surface area contributed by atoms with E-state index in [1.165, 1.54) is 11.9 Å². The monoisotopic (exact) mass is 260 g/mol. The van der Waals surface area contributed by atoms with Crippen molar-refractivity contribution in [2.75, 3.05) is 7.05 Å². The molecule has 0 saturated heterocycles. The largest absolute Gasteiger partial charge is 0.361 e. The van der Waals surface area contributed by atoms with E-state index in [0.717, 1.165) is 0 Å². The zero-order chi connectivity index (χ0) is 12.3. The first-order valence-corrected chi connectivity index (χ1v) is 5.16. The van der Waals surface area contributed by atoms with Gasteiger partial charge in [0.25, 0.3) is 0 Å². The molecule has 1 aromatic carbocycles. The van der Waals surface area contributed by atoms with Crippen molar-refractivity contribution >= 4 is 35.0 Å². The molecule has 0 aromatic heterocycles. The topological polar surface area (TPSA) is 63.4 Å². The molecule has 6 heteroatoms. The average molecular weight is 261 g/mol. The normalized spacial score (nSPS) is 9.94. The standard InChI is InChI=1S/C10H10Cl2N2O2/c1-14(10(16)9(13)15)5-6-2-3-7(11)4-8(6)12/h2-4H,5H2,1H3,(H2,13,15). The number of carbonyl (C=O) groups excluding carboxylic acids is 2. The van der Waals surface area contributed by atoms with Crippen molar-refractivity contribution in [2.24, 2.45) is 5.73 Å². The molecule has 0 bridgehead atoms. The van der Waals surface area contributed by atoms with Crippen molar-refractivity contribution in [3.63, 3.8) is 0 Å². The van der Waals surface area contributed by atoms with Crippen LogP contribution in [0, 0.1) is 0 Å². The van der Waals surface area contributed by atoms with E-state index in [4.69, 9.17) is 28.9 Å². The number of halogens is 2. The van der Waals surface area contributed by atoms with Crippen LogP contribution in [0.15, 0.2) is 18.2 Å². The number of likely N-dealkylation sites (N-methyl/N-ethyl adjacent to an activating group) is 1. The number of hydrogen-bond donors (Lipinski definition) is 1. The van der Waals surface area contributed by atoms with Gasteiger partial charge in [0.15, 0.2) is 0 Å². The maximum absolute atomic E-state index is 11.2. The summed E-state index contributed by atoms with van der Waals surface area (Å²) in [5, 5.41) is 0.953. The number of rotatable bonds is 2. The minimum atomic E-state index is -0.993. The number of hydrogen-bond acceptors (Lipinski definition) is 2. The van der Waals surface area contributed by atoms with Gasteiger partial charge in [-0.05, 0) is 17.7 Å². The highest BCUT2D eigenvalue weighted by atomic mass is 35.5. The summed E-state index contributed by atoms with van der Waals surface area (Å²) in [4.78, 5) is 23.0. The molecule has 1 aromatic rings. The number of nitrogens with zero attached hydrogens (tertiary/aromatic N) is 1. The van der Waals surface area contributed by atoms with E-state index in [2.05, 4.69) is 0 Å². The number of nitrogens with two attached hydrogens (primary N) is 1. The lowest BCUT2D eigenvalue weighted by molar-refractivity contribution is -0.143. The molecule has 0 atom stereocenters. The van der Waals surface area contributed by atoms with Crippen LogP contribution in [0.1, 0.15) is 5.56 Å². The van der Waals surface area contributed by atoms with Crippen LogP contribution in [0.2, 0.25) is 10.0 Å². The van der Waals surface area contributed by atoms with Crippen molar-refractivity contribution in [3.05, 3.63) is 33.8 Å². The molecule has 2 N–H and O–H groups in total. The third-order valence-electron chi connectivity index (χ3n) is 1.98. The first-order valence-electron chi connectivity index (χ1n) is 4.40. The molecule has 0 unspecified atom stereocenters. The molecule has 16 heavy (non-hydrogen) atoms. The molecule has 0 radical (unpaired) electrons. The fourth-order valence-corrected chi connectivity index (χ4v) is 1.63. The Bertz CT molecular complexity index is 435. The van der Waals surface area contributed by atoms with Crippen LogP contribution < -0.4 is 5.73 Å². The fourth-order valence-electron chi connectivity index (χ4n) is 1.17. The number of carbonyl (C=O) groups is 2. The Hall–Kier alpha value is -1.26. The van der Waals surface area contributed by atoms with Crippen LogP contribution in [0.5, 0.6) is 0 Å². The molecule has 86 valence electrons. The van der Waals surface area contributed by atoms with Crippen LogP contribution in [0.25, 0.3) is 0 Å². The predicted molar refractivity (Wildman–Crippen MR) is 62.1 cm³/mol. The van der Waals surface area contributed by atoms with Gasteiger partial charge in [-0.15, -0.1) is 0 Å². The fraction of sp³-hybridized carbons (Fsp3) is 0.200. The Balaban J connectivity index is 2.81. The Kier molecular flexibility index (Phi) is 4.15. The minimum absolute atomic E-state index is 0.206. The smallest absolute Gasteiger partial charge is 0.311 e. The predicted octanol–water partition coefficient (Wildman–Crippen LogP) is 1.44. The summed E-state index contributed by atoms with van der Waals surface area (Å²) in [5.41, 5.74) is 5.57. The molecule has 0 fully saturated rings. The van der Waals surface area contributed by atoms with Crippen LogP contribution in [0.3, 0.4) is 0 Å². The van der Waals surface area contributed by atoms with Gasteiger partial charge in [0.05, 0.1) is 0 Å². The number of primary amides is 1. The quantitative estimate of drug-likeness (QED) is 0.818. The third kappa shape index (κ3) is 3.12. The van der Waals surface area contributed by atoms with E-state index >= 15 is 0 Å². The Morgan fingerprint density at radius 3 is 2.50 bits per heavy atom. The second-order valence-corrected chi connectivity index (χ2v) is 4.10. The molecular weight excluding hydrogens is 251 g/mol. The molecule has 1 rings (SSSR count). The molecule has 0 aliphatic carbocycles. The first kappa shape index (κ1) is 12.8. The van der Waals surface area contributed by atoms with E-state index in [1.54, 1.807) is 18.2 Å². The van der Waals surface area contributed by atoms with Gasteiger partial charge in [0.1, 0.15) is 0 Å². The second-order valence-electron chi connectivity index (χ2n) is 3.26. The lowest BCUT2D eigenvalue weighted by Gasteiger charge is -2.15. The maximum atomic E-state index is 11.2. The van der Waals surface area contributed by atoms with Crippen molar-refractivity contribution in [1.29, 1.82) is 0 Å². The molecular formula is C10H10Cl2N2O2. The van der Waals surface area contributed by atoms with E-state index in [-0.39, 0.29) is 6.54 Å². The highest BCUT2D eigenvalue weighted by Gasteiger charge is 2.15. The summed E-state index contributed by atoms with van der Waals surface area (Å²) >= 11 is 11.6. The van der Waals surface area contributed by atoms with Crippen molar-refractivity contribution in [1.82, 2.24) is 4.90 Å². The molecule has 0 aliphatic heterocycles. The van der Waals surface area contributed by atoms with Crippen LogP contribution in [-0.2, 0) is 16.1 Å². The van der Waals surface area contributed by atoms with Crippen LogP contribution >= 0.6 is 23.2 Å². The van der Waals surface area contributed by atoms with Gasteiger partial charge < -0.3 is 10.6 Å². The summed E-state index contributed by atoms with van der Waals surface area (Å²) in [7, 11) is 1.47. The summed E-state index contributed by atoms with van der Waals surface area (Å²) < 4.78 is 0. The van der Waals surface area contributed by atoms with Gasteiger partial charge >= 0.3 is 11.8 Å². The zero-order valence-electron chi connectivity index (χ0n) is 8.54. The van der Waals surface area contributed by atoms with Crippen molar-refractivity contribution in [2.45, 2.75) is 6.54 Å².